The number of rotatable bonds is 5. The first-order valence-electron chi connectivity index (χ1n) is 7.06. The molecule has 2 unspecified atom stereocenters. The lowest BCUT2D eigenvalue weighted by molar-refractivity contribution is -0.134. The van der Waals surface area contributed by atoms with Gasteiger partial charge in [0.1, 0.15) is 11.9 Å². The van der Waals surface area contributed by atoms with Crippen molar-refractivity contribution < 1.29 is 14.3 Å². The van der Waals surface area contributed by atoms with Gasteiger partial charge in [-0.1, -0.05) is 12.1 Å². The molecular weight excluding hydrogens is 292 g/mol. The normalized spacial score (nSPS) is 19.2. The molecule has 2 rings (SSSR count). The fraction of sp³-hybridized carbons (Fsp3) is 0.533. The predicted molar refractivity (Wildman–Crippen MR) is 84.0 cm³/mol. The van der Waals surface area contributed by atoms with E-state index in [2.05, 4.69) is 10.6 Å². The number of hydrogen-bond acceptors (Lipinski definition) is 4. The molecule has 1 amide bonds. The van der Waals surface area contributed by atoms with Gasteiger partial charge in [0.2, 0.25) is 0 Å². The van der Waals surface area contributed by atoms with Gasteiger partial charge in [0.15, 0.2) is 0 Å². The van der Waals surface area contributed by atoms with Crippen LogP contribution in [-0.4, -0.2) is 38.3 Å². The highest BCUT2D eigenvalue weighted by Gasteiger charge is 2.23. The van der Waals surface area contributed by atoms with E-state index in [1.165, 1.54) is 0 Å². The molecule has 21 heavy (non-hydrogen) atoms. The molecule has 5 nitrogen and oxygen atoms in total. The molecule has 1 fully saturated rings. The topological polar surface area (TPSA) is 59.6 Å². The van der Waals surface area contributed by atoms with E-state index < -0.39 is 6.10 Å². The maximum absolute atomic E-state index is 12.1. The van der Waals surface area contributed by atoms with E-state index in [1.807, 2.05) is 38.1 Å². The zero-order chi connectivity index (χ0) is 14.4. The Balaban J connectivity index is 0.00000220. The van der Waals surface area contributed by atoms with Crippen molar-refractivity contribution in [2.75, 3.05) is 26.3 Å². The Morgan fingerprint density at radius 1 is 1.57 bits per heavy atom. The number of benzene rings is 1. The maximum atomic E-state index is 12.1. The third-order valence-electron chi connectivity index (χ3n) is 3.25. The highest BCUT2D eigenvalue weighted by Crippen LogP contribution is 2.19. The van der Waals surface area contributed by atoms with E-state index in [0.29, 0.717) is 19.8 Å². The van der Waals surface area contributed by atoms with E-state index in [0.717, 1.165) is 17.9 Å². The Labute approximate surface area is 131 Å². The lowest BCUT2D eigenvalue weighted by Gasteiger charge is -2.24. The summed E-state index contributed by atoms with van der Waals surface area (Å²) in [4.78, 5) is 12.1. The van der Waals surface area contributed by atoms with Crippen LogP contribution in [0.4, 0.5) is 0 Å². The third-order valence-corrected chi connectivity index (χ3v) is 3.25. The summed E-state index contributed by atoms with van der Waals surface area (Å²) in [5.41, 5.74) is 1.02. The second kappa shape index (κ2) is 8.87. The third kappa shape index (κ3) is 5.19. The Hall–Kier alpha value is -1.30. The second-order valence-corrected chi connectivity index (χ2v) is 4.80. The van der Waals surface area contributed by atoms with E-state index in [4.69, 9.17) is 9.47 Å². The Bertz CT molecular complexity index is 450. The minimum Gasteiger partial charge on any atom is -0.494 e. The molecule has 2 atom stereocenters. The van der Waals surface area contributed by atoms with Crippen LogP contribution in [0.3, 0.4) is 0 Å². The smallest absolute Gasteiger partial charge is 0.250 e. The number of amides is 1. The van der Waals surface area contributed by atoms with Crippen molar-refractivity contribution in [2.45, 2.75) is 26.0 Å². The molecule has 0 aliphatic carbocycles. The molecule has 6 heteroatoms. The van der Waals surface area contributed by atoms with E-state index >= 15 is 0 Å². The van der Waals surface area contributed by atoms with Gasteiger partial charge in [-0.25, -0.2) is 0 Å². The largest absolute Gasteiger partial charge is 0.494 e. The molecule has 1 aliphatic rings. The quantitative estimate of drug-likeness (QED) is 0.868. The van der Waals surface area contributed by atoms with Crippen LogP contribution < -0.4 is 15.4 Å². The first kappa shape index (κ1) is 17.8. The predicted octanol–water partition coefficient (Wildman–Crippen LogP) is 1.67. The molecule has 0 bridgehead atoms. The molecule has 1 saturated heterocycles. The number of hydrogen-bond donors (Lipinski definition) is 2. The van der Waals surface area contributed by atoms with Crippen molar-refractivity contribution in [1.82, 2.24) is 10.6 Å². The summed E-state index contributed by atoms with van der Waals surface area (Å²) in [7, 11) is 0. The number of carbonyl (C=O) groups excluding carboxylic acids is 1. The summed E-state index contributed by atoms with van der Waals surface area (Å²) >= 11 is 0. The van der Waals surface area contributed by atoms with Crippen LogP contribution in [0, 0.1) is 0 Å². The summed E-state index contributed by atoms with van der Waals surface area (Å²) in [6.07, 6.45) is -0.402. The van der Waals surface area contributed by atoms with Crippen LogP contribution in [0.5, 0.6) is 5.75 Å². The summed E-state index contributed by atoms with van der Waals surface area (Å²) in [6.45, 7) is 6.48. The van der Waals surface area contributed by atoms with Crippen LogP contribution in [0.2, 0.25) is 0 Å². The zero-order valence-electron chi connectivity index (χ0n) is 12.4. The fourth-order valence-electron chi connectivity index (χ4n) is 2.16. The van der Waals surface area contributed by atoms with Crippen molar-refractivity contribution in [1.29, 1.82) is 0 Å². The molecule has 1 aromatic rings. The van der Waals surface area contributed by atoms with Crippen LogP contribution in [0.25, 0.3) is 0 Å². The average molecular weight is 315 g/mol. The summed E-state index contributed by atoms with van der Waals surface area (Å²) in [5, 5.41) is 6.12. The number of ether oxygens (including phenoxy) is 2. The minimum atomic E-state index is -0.402. The Kier molecular flexibility index (Phi) is 7.50. The SMILES string of the molecule is CCOc1cccc(C(C)NC(=O)C2CNCCO2)c1.Cl. The van der Waals surface area contributed by atoms with Crippen molar-refractivity contribution >= 4 is 18.3 Å². The molecule has 1 heterocycles. The number of morpholine rings is 1. The first-order valence-corrected chi connectivity index (χ1v) is 7.06. The monoisotopic (exact) mass is 314 g/mol. The second-order valence-electron chi connectivity index (χ2n) is 4.80. The van der Waals surface area contributed by atoms with E-state index in [1.54, 1.807) is 0 Å². The number of carbonyl (C=O) groups is 1. The molecule has 2 N–H and O–H groups in total. The number of nitrogens with one attached hydrogen (secondary N) is 2. The van der Waals surface area contributed by atoms with Crippen molar-refractivity contribution in [3.8, 4) is 5.75 Å². The van der Waals surface area contributed by atoms with Crippen molar-refractivity contribution in [2.24, 2.45) is 0 Å². The van der Waals surface area contributed by atoms with Crippen LogP contribution >= 0.6 is 12.4 Å². The maximum Gasteiger partial charge on any atom is 0.250 e. The Morgan fingerprint density at radius 2 is 2.38 bits per heavy atom. The van der Waals surface area contributed by atoms with Gasteiger partial charge in [0.25, 0.3) is 5.91 Å². The minimum absolute atomic E-state index is 0. The summed E-state index contributed by atoms with van der Waals surface area (Å²) < 4.78 is 10.9. The summed E-state index contributed by atoms with van der Waals surface area (Å²) in [5.74, 6) is 0.744. The fourth-order valence-corrected chi connectivity index (χ4v) is 2.16. The van der Waals surface area contributed by atoms with Gasteiger partial charge < -0.3 is 20.1 Å². The molecular formula is C15H23ClN2O3. The molecule has 118 valence electrons. The Morgan fingerprint density at radius 3 is 3.05 bits per heavy atom. The number of halogens is 1. The molecule has 1 aliphatic heterocycles. The average Bonchev–Trinajstić information content (AvgIpc) is 2.48. The van der Waals surface area contributed by atoms with Gasteiger partial charge in [0.05, 0.1) is 19.3 Å². The summed E-state index contributed by atoms with van der Waals surface area (Å²) in [6, 6.07) is 7.70. The van der Waals surface area contributed by atoms with Gasteiger partial charge in [-0.3, -0.25) is 4.79 Å². The lowest BCUT2D eigenvalue weighted by atomic mass is 10.1. The zero-order valence-corrected chi connectivity index (χ0v) is 13.2. The van der Waals surface area contributed by atoms with Crippen LogP contribution in [0.1, 0.15) is 25.5 Å². The van der Waals surface area contributed by atoms with Crippen LogP contribution in [-0.2, 0) is 9.53 Å². The van der Waals surface area contributed by atoms with E-state index in [-0.39, 0.29) is 24.4 Å². The molecule has 1 aromatic carbocycles. The highest BCUT2D eigenvalue weighted by atomic mass is 35.5. The van der Waals surface area contributed by atoms with Gasteiger partial charge in [-0.15, -0.1) is 12.4 Å². The lowest BCUT2D eigenvalue weighted by Crippen LogP contribution is -2.48. The standard InChI is InChI=1S/C15H22N2O3.ClH/c1-3-19-13-6-4-5-12(9-13)11(2)17-15(18)14-10-16-7-8-20-14;/h4-6,9,11,14,16H,3,7-8,10H2,1-2H3,(H,17,18);1H. The van der Waals surface area contributed by atoms with Crippen LogP contribution in [0.15, 0.2) is 24.3 Å². The molecule has 0 aromatic heterocycles. The van der Waals surface area contributed by atoms with Gasteiger partial charge in [0, 0.05) is 13.1 Å². The van der Waals surface area contributed by atoms with E-state index in [9.17, 15) is 4.79 Å². The van der Waals surface area contributed by atoms with Gasteiger partial charge in [-0.05, 0) is 31.5 Å². The highest BCUT2D eigenvalue weighted by molar-refractivity contribution is 5.85. The molecule has 0 spiro atoms. The van der Waals surface area contributed by atoms with Gasteiger partial charge >= 0.3 is 0 Å². The van der Waals surface area contributed by atoms with Crippen molar-refractivity contribution in [3.05, 3.63) is 29.8 Å². The first-order chi connectivity index (χ1) is 9.70. The van der Waals surface area contributed by atoms with Gasteiger partial charge in [-0.2, -0.15) is 0 Å². The molecule has 0 saturated carbocycles. The molecule has 0 radical (unpaired) electrons. The van der Waals surface area contributed by atoms with Crippen molar-refractivity contribution in [3.63, 3.8) is 0 Å².